The zero-order valence-electron chi connectivity index (χ0n) is 13.1. The summed E-state index contributed by atoms with van der Waals surface area (Å²) in [4.78, 5) is 16.3. The van der Waals surface area contributed by atoms with Gasteiger partial charge in [-0.1, -0.05) is 18.2 Å². The van der Waals surface area contributed by atoms with Crippen LogP contribution in [0.25, 0.3) is 11.4 Å². The van der Waals surface area contributed by atoms with Gasteiger partial charge >= 0.3 is 0 Å². The summed E-state index contributed by atoms with van der Waals surface area (Å²) in [7, 11) is 0. The van der Waals surface area contributed by atoms with Crippen LogP contribution in [0.4, 0.5) is 5.82 Å². The lowest BCUT2D eigenvalue weighted by molar-refractivity contribution is 0.102. The first-order chi connectivity index (χ1) is 12.3. The first kappa shape index (κ1) is 14.8. The summed E-state index contributed by atoms with van der Waals surface area (Å²) in [6, 6.07) is 16.7. The quantitative estimate of drug-likeness (QED) is 0.624. The summed E-state index contributed by atoms with van der Waals surface area (Å²) in [5, 5.41) is 11.4. The molecule has 0 radical (unpaired) electrons. The molecule has 0 aliphatic carbocycles. The van der Waals surface area contributed by atoms with E-state index in [0.29, 0.717) is 11.5 Å². The number of carbonyl (C=O) groups is 1. The van der Waals surface area contributed by atoms with E-state index < -0.39 is 0 Å². The first-order valence-corrected chi connectivity index (χ1v) is 7.68. The van der Waals surface area contributed by atoms with Gasteiger partial charge in [-0.05, 0) is 30.3 Å². The second-order valence-electron chi connectivity index (χ2n) is 5.29. The Morgan fingerprint density at radius 3 is 2.28 bits per heavy atom. The Bertz CT molecular complexity index is 991. The van der Waals surface area contributed by atoms with Crippen molar-refractivity contribution in [3.63, 3.8) is 0 Å². The van der Waals surface area contributed by atoms with Crippen LogP contribution in [0.15, 0.2) is 79.4 Å². The first-order valence-electron chi connectivity index (χ1n) is 7.68. The predicted octanol–water partition coefficient (Wildman–Crippen LogP) is 2.71. The number of nitrogens with zero attached hydrogens (tertiary/aromatic N) is 5. The molecule has 0 saturated carbocycles. The third-order valence-corrected chi connectivity index (χ3v) is 3.60. The van der Waals surface area contributed by atoms with Crippen LogP contribution in [-0.4, -0.2) is 30.5 Å². The monoisotopic (exact) mass is 330 g/mol. The standard InChI is InChI=1S/C18H14N6O/c25-18(16-8-12-23(21-16)14-4-2-1-3-5-14)20-17-9-13-24(22-17)15-6-10-19-11-7-15/h1-13H,(H,20,22,25). The largest absolute Gasteiger partial charge is 0.304 e. The summed E-state index contributed by atoms with van der Waals surface area (Å²) in [5.74, 6) is 0.144. The van der Waals surface area contributed by atoms with Crippen molar-refractivity contribution in [2.45, 2.75) is 0 Å². The van der Waals surface area contributed by atoms with Gasteiger partial charge in [-0.3, -0.25) is 9.78 Å². The van der Waals surface area contributed by atoms with E-state index in [1.165, 1.54) is 0 Å². The predicted molar refractivity (Wildman–Crippen MR) is 92.9 cm³/mol. The van der Waals surface area contributed by atoms with Crippen molar-refractivity contribution in [1.29, 1.82) is 0 Å². The fourth-order valence-corrected chi connectivity index (χ4v) is 2.38. The minimum Gasteiger partial charge on any atom is -0.304 e. The number of anilines is 1. The van der Waals surface area contributed by atoms with Gasteiger partial charge in [0, 0.05) is 30.9 Å². The van der Waals surface area contributed by atoms with E-state index in [1.807, 2.05) is 42.5 Å². The van der Waals surface area contributed by atoms with Crippen LogP contribution in [0.3, 0.4) is 0 Å². The molecule has 3 heterocycles. The zero-order chi connectivity index (χ0) is 17.1. The van der Waals surface area contributed by atoms with Crippen LogP contribution in [-0.2, 0) is 0 Å². The van der Waals surface area contributed by atoms with Gasteiger partial charge in [0.2, 0.25) is 0 Å². The van der Waals surface area contributed by atoms with Gasteiger partial charge in [0.05, 0.1) is 11.4 Å². The van der Waals surface area contributed by atoms with E-state index in [2.05, 4.69) is 20.5 Å². The fraction of sp³-hybridized carbons (Fsp3) is 0. The molecule has 7 nitrogen and oxygen atoms in total. The third kappa shape index (κ3) is 3.16. The normalized spacial score (nSPS) is 10.6. The minimum absolute atomic E-state index is 0.311. The third-order valence-electron chi connectivity index (χ3n) is 3.60. The van der Waals surface area contributed by atoms with E-state index in [-0.39, 0.29) is 5.91 Å². The Kier molecular flexibility index (Phi) is 3.80. The summed E-state index contributed by atoms with van der Waals surface area (Å²) in [6.45, 7) is 0. The number of nitrogens with one attached hydrogen (secondary N) is 1. The highest BCUT2D eigenvalue weighted by molar-refractivity contribution is 6.02. The van der Waals surface area contributed by atoms with Crippen LogP contribution < -0.4 is 5.32 Å². The molecule has 4 aromatic rings. The Hall–Kier alpha value is -3.74. The van der Waals surface area contributed by atoms with Crippen molar-refractivity contribution in [3.05, 3.63) is 85.1 Å². The molecule has 0 saturated heterocycles. The number of rotatable bonds is 4. The minimum atomic E-state index is -0.311. The number of pyridine rings is 1. The van der Waals surface area contributed by atoms with Gasteiger partial charge in [0.15, 0.2) is 11.5 Å². The Labute approximate surface area is 143 Å². The van der Waals surface area contributed by atoms with Crippen LogP contribution in [0.5, 0.6) is 0 Å². The van der Waals surface area contributed by atoms with Crippen molar-refractivity contribution < 1.29 is 4.79 Å². The fourth-order valence-electron chi connectivity index (χ4n) is 2.38. The van der Waals surface area contributed by atoms with E-state index in [9.17, 15) is 4.79 Å². The number of para-hydroxylation sites is 1. The summed E-state index contributed by atoms with van der Waals surface area (Å²) >= 11 is 0. The number of carbonyl (C=O) groups excluding carboxylic acids is 1. The molecular formula is C18H14N6O. The number of amides is 1. The second-order valence-corrected chi connectivity index (χ2v) is 5.29. The zero-order valence-corrected chi connectivity index (χ0v) is 13.1. The van der Waals surface area contributed by atoms with Crippen LogP contribution >= 0.6 is 0 Å². The second kappa shape index (κ2) is 6.40. The van der Waals surface area contributed by atoms with Crippen molar-refractivity contribution in [2.24, 2.45) is 0 Å². The lowest BCUT2D eigenvalue weighted by Gasteiger charge is -2.01. The van der Waals surface area contributed by atoms with Crippen molar-refractivity contribution in [2.75, 3.05) is 5.32 Å². The number of aromatic nitrogens is 5. The van der Waals surface area contributed by atoms with E-state index >= 15 is 0 Å². The van der Waals surface area contributed by atoms with Gasteiger partial charge in [-0.25, -0.2) is 9.36 Å². The Morgan fingerprint density at radius 1 is 0.800 bits per heavy atom. The molecule has 1 aromatic carbocycles. The van der Waals surface area contributed by atoms with Crippen molar-refractivity contribution in [3.8, 4) is 11.4 Å². The molecular weight excluding hydrogens is 316 g/mol. The molecule has 0 aliphatic rings. The van der Waals surface area contributed by atoms with E-state index in [4.69, 9.17) is 0 Å². The molecule has 3 aromatic heterocycles. The van der Waals surface area contributed by atoms with E-state index in [0.717, 1.165) is 11.4 Å². The van der Waals surface area contributed by atoms with Crippen LogP contribution in [0.1, 0.15) is 10.5 Å². The highest BCUT2D eigenvalue weighted by atomic mass is 16.2. The highest BCUT2D eigenvalue weighted by Gasteiger charge is 2.12. The lowest BCUT2D eigenvalue weighted by Crippen LogP contribution is -2.14. The smallest absolute Gasteiger partial charge is 0.277 e. The number of hydrogen-bond donors (Lipinski definition) is 1. The van der Waals surface area contributed by atoms with Crippen LogP contribution in [0, 0.1) is 0 Å². The molecule has 0 unspecified atom stereocenters. The summed E-state index contributed by atoms with van der Waals surface area (Å²) < 4.78 is 3.32. The highest BCUT2D eigenvalue weighted by Crippen LogP contribution is 2.11. The number of hydrogen-bond acceptors (Lipinski definition) is 4. The molecule has 1 N–H and O–H groups in total. The molecule has 1 amide bonds. The number of benzene rings is 1. The average molecular weight is 330 g/mol. The van der Waals surface area contributed by atoms with Gasteiger partial charge < -0.3 is 5.32 Å². The van der Waals surface area contributed by atoms with Gasteiger partial charge in [-0.2, -0.15) is 10.2 Å². The molecule has 25 heavy (non-hydrogen) atoms. The lowest BCUT2D eigenvalue weighted by atomic mass is 10.3. The summed E-state index contributed by atoms with van der Waals surface area (Å²) in [6.07, 6.45) is 6.89. The van der Waals surface area contributed by atoms with E-state index in [1.54, 1.807) is 46.3 Å². The molecule has 7 heteroatoms. The Morgan fingerprint density at radius 2 is 1.48 bits per heavy atom. The SMILES string of the molecule is O=C(Nc1ccn(-c2ccncc2)n1)c1ccn(-c2ccccc2)n1. The summed E-state index contributed by atoms with van der Waals surface area (Å²) in [5.41, 5.74) is 2.08. The molecule has 0 spiro atoms. The molecule has 4 rings (SSSR count). The van der Waals surface area contributed by atoms with Crippen molar-refractivity contribution >= 4 is 11.7 Å². The van der Waals surface area contributed by atoms with Gasteiger partial charge in [0.1, 0.15) is 0 Å². The van der Waals surface area contributed by atoms with Gasteiger partial charge in [0.25, 0.3) is 5.91 Å². The molecule has 0 atom stereocenters. The topological polar surface area (TPSA) is 77.6 Å². The molecule has 0 aliphatic heterocycles. The molecule has 0 bridgehead atoms. The van der Waals surface area contributed by atoms with Gasteiger partial charge in [-0.15, -0.1) is 0 Å². The Balaban J connectivity index is 1.50. The average Bonchev–Trinajstić information content (AvgIpc) is 3.33. The maximum atomic E-state index is 12.4. The molecule has 122 valence electrons. The molecule has 0 fully saturated rings. The van der Waals surface area contributed by atoms with Crippen LogP contribution in [0.2, 0.25) is 0 Å². The maximum absolute atomic E-state index is 12.4. The van der Waals surface area contributed by atoms with Crippen molar-refractivity contribution in [1.82, 2.24) is 24.5 Å². The maximum Gasteiger partial charge on any atom is 0.277 e.